The number of carbonyl (C=O) groups is 1. The predicted octanol–water partition coefficient (Wildman–Crippen LogP) is 0.858. The average molecular weight is 178 g/mol. The lowest BCUT2D eigenvalue weighted by atomic mass is 10.7. The molecule has 0 spiro atoms. The first-order valence-electron chi connectivity index (χ1n) is 3.33. The maximum Gasteiger partial charge on any atom is 0.317 e. The smallest absolute Gasteiger partial charge is 0.317 e. The number of carbonyl (C=O) groups excluding carboxylic acids is 1. The van der Waals surface area contributed by atoms with E-state index < -0.39 is 5.97 Å². The van der Waals surface area contributed by atoms with Crippen molar-refractivity contribution in [2.24, 2.45) is 0 Å². The first-order valence-corrected chi connectivity index (χ1v) is 4.33. The summed E-state index contributed by atoms with van der Waals surface area (Å²) in [5.74, 6) is -0.457. The number of esters is 1. The highest BCUT2D eigenvalue weighted by Crippen LogP contribution is 1.92. The Morgan fingerprint density at radius 2 is 2.18 bits per heavy atom. The third kappa shape index (κ3) is 7.43. The molecule has 11 heavy (non-hydrogen) atoms. The van der Waals surface area contributed by atoms with Gasteiger partial charge in [-0.05, 0) is 6.92 Å². The van der Waals surface area contributed by atoms with E-state index >= 15 is 0 Å². The first-order chi connectivity index (χ1) is 5.31. The van der Waals surface area contributed by atoms with Crippen molar-refractivity contribution in [3.63, 3.8) is 0 Å². The van der Waals surface area contributed by atoms with E-state index in [-0.39, 0.29) is 21.2 Å². The molecule has 0 aliphatic rings. The Labute approximate surface area is 67.1 Å². The zero-order chi connectivity index (χ0) is 8.53. The van der Waals surface area contributed by atoms with Crippen LogP contribution in [0.1, 0.15) is 6.92 Å². The van der Waals surface area contributed by atoms with Crippen molar-refractivity contribution in [2.75, 3.05) is 26.0 Å². The Morgan fingerprint density at radius 1 is 1.45 bits per heavy atom. The fourth-order valence-electron chi connectivity index (χ4n) is 0.457. The standard InChI is InChI=1S/C6H11O4P/c1-2-9-3-4-10-6(7)5-11-8/h2-5H2,1H3. The van der Waals surface area contributed by atoms with Crippen molar-refractivity contribution < 1.29 is 18.8 Å². The maximum absolute atomic E-state index is 10.5. The highest BCUT2D eigenvalue weighted by molar-refractivity contribution is 7.25. The van der Waals surface area contributed by atoms with E-state index in [9.17, 15) is 9.36 Å². The minimum Gasteiger partial charge on any atom is -0.463 e. The van der Waals surface area contributed by atoms with Crippen molar-refractivity contribution in [1.82, 2.24) is 0 Å². The molecule has 0 atom stereocenters. The van der Waals surface area contributed by atoms with E-state index in [4.69, 9.17) is 4.74 Å². The van der Waals surface area contributed by atoms with E-state index in [0.29, 0.717) is 13.2 Å². The Hall–Kier alpha value is -0.470. The largest absolute Gasteiger partial charge is 0.463 e. The van der Waals surface area contributed by atoms with Crippen LogP contribution in [0.3, 0.4) is 0 Å². The van der Waals surface area contributed by atoms with Crippen LogP contribution in [-0.2, 0) is 18.8 Å². The Bertz CT molecular complexity index is 126. The maximum atomic E-state index is 10.5. The summed E-state index contributed by atoms with van der Waals surface area (Å²) in [5, 5.41) is 0. The quantitative estimate of drug-likeness (QED) is 0.344. The second-order valence-electron chi connectivity index (χ2n) is 1.70. The Balaban J connectivity index is 3.10. The molecule has 0 fully saturated rings. The summed E-state index contributed by atoms with van der Waals surface area (Å²) in [7, 11) is -0.203. The molecular formula is C6H11O4P. The van der Waals surface area contributed by atoms with Crippen molar-refractivity contribution in [3.05, 3.63) is 0 Å². The normalized spacial score (nSPS) is 9.91. The van der Waals surface area contributed by atoms with Crippen LogP contribution >= 0.6 is 8.46 Å². The molecule has 0 bridgehead atoms. The van der Waals surface area contributed by atoms with Gasteiger partial charge in [-0.1, -0.05) is 0 Å². The number of hydrogen-bond donors (Lipinski definition) is 0. The molecule has 0 saturated heterocycles. The number of ether oxygens (including phenoxy) is 2. The molecule has 64 valence electrons. The lowest BCUT2D eigenvalue weighted by Gasteiger charge is -2.01. The first kappa shape index (κ1) is 10.5. The summed E-state index contributed by atoms with van der Waals surface area (Å²) in [6.07, 6.45) is -0.0773. The van der Waals surface area contributed by atoms with E-state index in [1.807, 2.05) is 6.92 Å². The SMILES string of the molecule is CCOCCOC(=O)CP=O. The van der Waals surface area contributed by atoms with Gasteiger partial charge in [0.15, 0.2) is 8.46 Å². The Morgan fingerprint density at radius 3 is 2.73 bits per heavy atom. The van der Waals surface area contributed by atoms with Crippen molar-refractivity contribution in [3.8, 4) is 0 Å². The van der Waals surface area contributed by atoms with Gasteiger partial charge in [-0.3, -0.25) is 9.36 Å². The van der Waals surface area contributed by atoms with Gasteiger partial charge in [0.05, 0.1) is 6.61 Å². The summed E-state index contributed by atoms with van der Waals surface area (Å²) in [6, 6.07) is 0. The van der Waals surface area contributed by atoms with Crippen molar-refractivity contribution in [2.45, 2.75) is 6.92 Å². The fourth-order valence-corrected chi connectivity index (χ4v) is 0.654. The van der Waals surface area contributed by atoms with E-state index in [0.717, 1.165) is 0 Å². The Kier molecular flexibility index (Phi) is 7.31. The van der Waals surface area contributed by atoms with Crippen LogP contribution in [0.5, 0.6) is 0 Å². The third-order valence-electron chi connectivity index (χ3n) is 0.888. The summed E-state index contributed by atoms with van der Waals surface area (Å²) in [6.45, 7) is 3.11. The molecule has 0 aromatic rings. The molecule has 0 saturated carbocycles. The van der Waals surface area contributed by atoms with E-state index in [1.54, 1.807) is 0 Å². The fraction of sp³-hybridized carbons (Fsp3) is 0.833. The second kappa shape index (κ2) is 7.63. The van der Waals surface area contributed by atoms with Gasteiger partial charge < -0.3 is 9.47 Å². The van der Waals surface area contributed by atoms with Crippen LogP contribution in [0.4, 0.5) is 0 Å². The minimum atomic E-state index is -0.457. The van der Waals surface area contributed by atoms with Crippen LogP contribution in [0.25, 0.3) is 0 Å². The van der Waals surface area contributed by atoms with Crippen molar-refractivity contribution in [1.29, 1.82) is 0 Å². The second-order valence-corrected chi connectivity index (χ2v) is 2.28. The monoisotopic (exact) mass is 178 g/mol. The van der Waals surface area contributed by atoms with Gasteiger partial charge in [0.25, 0.3) is 0 Å². The van der Waals surface area contributed by atoms with Crippen LogP contribution in [0, 0.1) is 0 Å². The number of rotatable bonds is 6. The van der Waals surface area contributed by atoms with Gasteiger partial charge in [0.1, 0.15) is 12.8 Å². The molecule has 0 radical (unpaired) electrons. The summed E-state index contributed by atoms with van der Waals surface area (Å²) >= 11 is 0. The van der Waals surface area contributed by atoms with Crippen LogP contribution in [0.2, 0.25) is 0 Å². The highest BCUT2D eigenvalue weighted by atomic mass is 31.1. The van der Waals surface area contributed by atoms with Gasteiger partial charge in [-0.15, -0.1) is 0 Å². The lowest BCUT2D eigenvalue weighted by Crippen LogP contribution is -2.11. The molecule has 5 heteroatoms. The van der Waals surface area contributed by atoms with Crippen LogP contribution in [-0.4, -0.2) is 32.0 Å². The molecule has 0 aromatic carbocycles. The third-order valence-corrected chi connectivity index (χ3v) is 1.28. The highest BCUT2D eigenvalue weighted by Gasteiger charge is 2.00. The molecule has 0 unspecified atom stereocenters. The topological polar surface area (TPSA) is 52.6 Å². The zero-order valence-corrected chi connectivity index (χ0v) is 7.30. The molecular weight excluding hydrogens is 167 g/mol. The molecule has 0 heterocycles. The van der Waals surface area contributed by atoms with Gasteiger partial charge in [0, 0.05) is 6.61 Å². The zero-order valence-electron chi connectivity index (χ0n) is 6.41. The van der Waals surface area contributed by atoms with Crippen LogP contribution < -0.4 is 0 Å². The van der Waals surface area contributed by atoms with Gasteiger partial charge in [-0.2, -0.15) is 0 Å². The van der Waals surface area contributed by atoms with Gasteiger partial charge in [0.2, 0.25) is 0 Å². The van der Waals surface area contributed by atoms with Crippen LogP contribution in [0.15, 0.2) is 0 Å². The predicted molar refractivity (Wildman–Crippen MR) is 39.9 cm³/mol. The summed E-state index contributed by atoms with van der Waals surface area (Å²) in [5.41, 5.74) is 0. The van der Waals surface area contributed by atoms with E-state index in [1.165, 1.54) is 0 Å². The van der Waals surface area contributed by atoms with Gasteiger partial charge in [-0.25, -0.2) is 0 Å². The molecule has 4 nitrogen and oxygen atoms in total. The molecule has 0 aliphatic heterocycles. The average Bonchev–Trinajstić information content (AvgIpc) is 1.99. The number of hydrogen-bond acceptors (Lipinski definition) is 4. The van der Waals surface area contributed by atoms with E-state index in [2.05, 4.69) is 4.74 Å². The molecule has 0 aromatic heterocycles. The van der Waals surface area contributed by atoms with Gasteiger partial charge >= 0.3 is 5.97 Å². The molecule has 0 N–H and O–H groups in total. The summed E-state index contributed by atoms with van der Waals surface area (Å²) < 4.78 is 19.4. The molecule has 0 amide bonds. The molecule has 0 aliphatic carbocycles. The van der Waals surface area contributed by atoms with Crippen molar-refractivity contribution >= 4 is 14.4 Å². The molecule has 0 rings (SSSR count). The lowest BCUT2D eigenvalue weighted by molar-refractivity contribution is -0.141. The minimum absolute atomic E-state index is 0.0773. The summed E-state index contributed by atoms with van der Waals surface area (Å²) in [4.78, 5) is 10.5.